The van der Waals surface area contributed by atoms with Crippen LogP contribution >= 0.6 is 0 Å². The molecule has 11 nitrogen and oxygen atoms in total. The fraction of sp³-hybridized carbons (Fsp3) is 0.778. The number of carboxylic acid groups (broad SMARTS) is 2. The Hall–Kier alpha value is -2.66. The number of alkyl halides is 6. The van der Waals surface area contributed by atoms with E-state index in [1.807, 2.05) is 0 Å². The van der Waals surface area contributed by atoms with Crippen molar-refractivity contribution < 1.29 is 69.9 Å². The molecule has 0 spiro atoms. The van der Waals surface area contributed by atoms with Crippen molar-refractivity contribution >= 4 is 23.9 Å². The van der Waals surface area contributed by atoms with Gasteiger partial charge in [0, 0.05) is 12.8 Å². The molecule has 6 N–H and O–H groups in total. The van der Waals surface area contributed by atoms with Crippen molar-refractivity contribution in [3.8, 4) is 0 Å². The number of carbonyl (C=O) groups is 4. The molecule has 1 aliphatic heterocycles. The van der Waals surface area contributed by atoms with Gasteiger partial charge < -0.3 is 35.9 Å². The Morgan fingerprint density at radius 2 is 1.03 bits per heavy atom. The normalized spacial score (nSPS) is 17.3. The van der Waals surface area contributed by atoms with E-state index in [1.165, 1.54) is 0 Å². The molecule has 0 unspecified atom stereocenters. The monoisotopic (exact) mass is 530 g/mol. The number of ether oxygens (including phenoxy) is 3. The first-order valence-corrected chi connectivity index (χ1v) is 10.0. The molecular formula is C18H28F6N2O9. The maximum Gasteiger partial charge on any atom is 0.490 e. The highest BCUT2D eigenvalue weighted by Crippen LogP contribution is 2.20. The summed E-state index contributed by atoms with van der Waals surface area (Å²) in [7, 11) is 0. The first-order chi connectivity index (χ1) is 16.0. The molecule has 206 valence electrons. The van der Waals surface area contributed by atoms with Gasteiger partial charge in [0.25, 0.3) is 0 Å². The molecular weight excluding hydrogens is 502 g/mol. The van der Waals surface area contributed by atoms with Gasteiger partial charge in [0.2, 0.25) is 0 Å². The van der Waals surface area contributed by atoms with Crippen molar-refractivity contribution in [3.05, 3.63) is 0 Å². The third-order valence-electron chi connectivity index (χ3n) is 3.71. The fourth-order valence-electron chi connectivity index (χ4n) is 2.03. The largest absolute Gasteiger partial charge is 0.490 e. The van der Waals surface area contributed by atoms with Crippen LogP contribution in [0.15, 0.2) is 0 Å². The maximum absolute atomic E-state index is 11.3. The van der Waals surface area contributed by atoms with Gasteiger partial charge in [-0.15, -0.1) is 0 Å². The summed E-state index contributed by atoms with van der Waals surface area (Å²) in [5, 5.41) is 14.2. The summed E-state index contributed by atoms with van der Waals surface area (Å²) in [6.45, 7) is 1.46. The van der Waals surface area contributed by atoms with Crippen LogP contribution in [0, 0.1) is 0 Å². The lowest BCUT2D eigenvalue weighted by Crippen LogP contribution is -2.23. The predicted octanol–water partition coefficient (Wildman–Crippen LogP) is 1.36. The van der Waals surface area contributed by atoms with Crippen molar-refractivity contribution in [1.82, 2.24) is 0 Å². The minimum Gasteiger partial charge on any atom is -0.475 e. The van der Waals surface area contributed by atoms with Gasteiger partial charge in [0.15, 0.2) is 0 Å². The lowest BCUT2D eigenvalue weighted by molar-refractivity contribution is -0.193. The van der Waals surface area contributed by atoms with E-state index in [9.17, 15) is 35.9 Å². The summed E-state index contributed by atoms with van der Waals surface area (Å²) in [5.74, 6) is -6.01. The van der Waals surface area contributed by atoms with Crippen LogP contribution in [0.5, 0.6) is 0 Å². The Morgan fingerprint density at radius 1 is 0.743 bits per heavy atom. The van der Waals surface area contributed by atoms with E-state index < -0.39 is 24.3 Å². The molecule has 0 amide bonds. The molecule has 2 atom stereocenters. The summed E-state index contributed by atoms with van der Waals surface area (Å²) in [6.07, 6.45) is -6.85. The van der Waals surface area contributed by atoms with Crippen LogP contribution in [0.4, 0.5) is 26.3 Å². The minimum atomic E-state index is -5.08. The lowest BCUT2D eigenvalue weighted by Gasteiger charge is -2.14. The van der Waals surface area contributed by atoms with Gasteiger partial charge in [-0.3, -0.25) is 9.59 Å². The average molecular weight is 530 g/mol. The van der Waals surface area contributed by atoms with Gasteiger partial charge in [-0.2, -0.15) is 26.3 Å². The van der Waals surface area contributed by atoms with Crippen molar-refractivity contribution in [2.45, 2.75) is 63.1 Å². The molecule has 17 heteroatoms. The van der Waals surface area contributed by atoms with Crippen LogP contribution in [0.2, 0.25) is 0 Å². The number of rotatable bonds is 10. The molecule has 1 rings (SSSR count). The molecule has 0 saturated carbocycles. The number of aliphatic carboxylic acids is 2. The molecule has 0 aromatic heterocycles. The Kier molecular flexibility index (Phi) is 17.5. The number of hydrogen-bond acceptors (Lipinski definition) is 9. The van der Waals surface area contributed by atoms with E-state index in [2.05, 4.69) is 0 Å². The summed E-state index contributed by atoms with van der Waals surface area (Å²) >= 11 is 0. The smallest absolute Gasteiger partial charge is 0.475 e. The first kappa shape index (κ1) is 34.5. The van der Waals surface area contributed by atoms with Gasteiger partial charge in [0.1, 0.15) is 13.2 Å². The van der Waals surface area contributed by atoms with Crippen LogP contribution in [-0.4, -0.2) is 85.0 Å². The van der Waals surface area contributed by atoms with Crippen molar-refractivity contribution in [2.24, 2.45) is 11.5 Å². The zero-order valence-corrected chi connectivity index (χ0v) is 18.4. The molecule has 0 aliphatic carbocycles. The van der Waals surface area contributed by atoms with Gasteiger partial charge in [0.05, 0.1) is 12.2 Å². The molecule has 1 aliphatic rings. The van der Waals surface area contributed by atoms with E-state index in [1.54, 1.807) is 0 Å². The maximum atomic E-state index is 11.3. The average Bonchev–Trinajstić information content (AvgIpc) is 3.20. The Morgan fingerprint density at radius 3 is 1.26 bits per heavy atom. The first-order valence-electron chi connectivity index (χ1n) is 10.0. The van der Waals surface area contributed by atoms with Crippen molar-refractivity contribution in [1.29, 1.82) is 0 Å². The van der Waals surface area contributed by atoms with Crippen LogP contribution in [-0.2, 0) is 33.4 Å². The molecule has 0 aromatic rings. The third kappa shape index (κ3) is 20.4. The number of carboxylic acids is 2. The summed E-state index contributed by atoms with van der Waals surface area (Å²) < 4.78 is 79.4. The number of nitrogens with two attached hydrogens (primary N) is 2. The van der Waals surface area contributed by atoms with E-state index in [4.69, 9.17) is 45.5 Å². The number of esters is 2. The molecule has 1 heterocycles. The standard InChI is InChI=1S/C14H26N2O5.2C2HF3O2/c15-7-1-3-13(17)19-9-11-5-6-12(21-11)10-20-14(18)4-2-8-16;2*3-2(4,5)1(6)7/h11-12H,1-10,15-16H2;2*(H,6,7)/t11-,12-;;/m0../s1. The third-order valence-corrected chi connectivity index (χ3v) is 3.71. The number of halogens is 6. The SMILES string of the molecule is NCCCC(=O)OC[C@@H]1CC[C@@H](COC(=O)CCCN)O1.O=C(O)C(F)(F)F.O=C(O)C(F)(F)F. The summed E-state index contributed by atoms with van der Waals surface area (Å²) in [5.41, 5.74) is 10.6. The Bertz CT molecular complexity index is 605. The topological polar surface area (TPSA) is 188 Å². The highest BCUT2D eigenvalue weighted by molar-refractivity contribution is 5.73. The van der Waals surface area contributed by atoms with Gasteiger partial charge in [-0.25, -0.2) is 9.59 Å². The summed E-state index contributed by atoms with van der Waals surface area (Å²) in [4.78, 5) is 40.5. The number of hydrogen-bond donors (Lipinski definition) is 4. The minimum absolute atomic E-state index is 0.112. The second kappa shape index (κ2) is 17.7. The lowest BCUT2D eigenvalue weighted by atomic mass is 10.2. The molecule has 0 bridgehead atoms. The van der Waals surface area contributed by atoms with Crippen LogP contribution in [0.25, 0.3) is 0 Å². The Balaban J connectivity index is 0. The van der Waals surface area contributed by atoms with E-state index in [0.717, 1.165) is 12.8 Å². The van der Waals surface area contributed by atoms with Crippen molar-refractivity contribution in [2.75, 3.05) is 26.3 Å². The fourth-order valence-corrected chi connectivity index (χ4v) is 2.03. The highest BCUT2D eigenvalue weighted by Gasteiger charge is 2.38. The van der Waals surface area contributed by atoms with Gasteiger partial charge >= 0.3 is 36.2 Å². The van der Waals surface area contributed by atoms with E-state index >= 15 is 0 Å². The van der Waals surface area contributed by atoms with Gasteiger partial charge in [-0.05, 0) is 38.8 Å². The quantitative estimate of drug-likeness (QED) is 0.236. The van der Waals surface area contributed by atoms with Gasteiger partial charge in [-0.1, -0.05) is 0 Å². The molecule has 1 saturated heterocycles. The number of carbonyl (C=O) groups excluding carboxylic acids is 2. The van der Waals surface area contributed by atoms with E-state index in [-0.39, 0.29) is 37.4 Å². The van der Waals surface area contributed by atoms with Crippen LogP contribution in [0.3, 0.4) is 0 Å². The van der Waals surface area contributed by atoms with E-state index in [0.29, 0.717) is 38.8 Å². The zero-order chi connectivity index (χ0) is 27.7. The second-order valence-electron chi connectivity index (χ2n) is 6.71. The van der Waals surface area contributed by atoms with Crippen LogP contribution in [0.1, 0.15) is 38.5 Å². The molecule has 0 aromatic carbocycles. The second-order valence-corrected chi connectivity index (χ2v) is 6.71. The van der Waals surface area contributed by atoms with Crippen molar-refractivity contribution in [3.63, 3.8) is 0 Å². The molecule has 0 radical (unpaired) electrons. The predicted molar refractivity (Wildman–Crippen MR) is 104 cm³/mol. The highest BCUT2D eigenvalue weighted by atomic mass is 19.4. The Labute approximate surface area is 195 Å². The molecule has 1 fully saturated rings. The zero-order valence-electron chi connectivity index (χ0n) is 18.4. The summed E-state index contributed by atoms with van der Waals surface area (Å²) in [6, 6.07) is 0. The molecule has 35 heavy (non-hydrogen) atoms. The van der Waals surface area contributed by atoms with Crippen LogP contribution < -0.4 is 11.5 Å².